The van der Waals surface area contributed by atoms with E-state index >= 15 is 0 Å². The van der Waals surface area contributed by atoms with Gasteiger partial charge in [0.15, 0.2) is 0 Å². The maximum atomic E-state index is 10.9. The van der Waals surface area contributed by atoms with Crippen molar-refractivity contribution in [1.29, 1.82) is 0 Å². The van der Waals surface area contributed by atoms with Crippen LogP contribution in [-0.4, -0.2) is 12.2 Å². The van der Waals surface area contributed by atoms with Crippen molar-refractivity contribution in [1.82, 2.24) is 0 Å². The average molecular weight is 181 g/mol. The van der Waals surface area contributed by atoms with Crippen LogP contribution in [0.4, 0.5) is 0 Å². The van der Waals surface area contributed by atoms with Gasteiger partial charge in [-0.05, 0) is 30.9 Å². The summed E-state index contributed by atoms with van der Waals surface area (Å²) >= 11 is 1.62. The Bertz CT molecular complexity index is 309. The Labute approximate surface area is 76.2 Å². The molecule has 1 aromatic rings. The lowest BCUT2D eigenvalue weighted by Crippen LogP contribution is -2.12. The Morgan fingerprint density at radius 2 is 2.17 bits per heavy atom. The van der Waals surface area contributed by atoms with Crippen LogP contribution in [0.25, 0.3) is 0 Å². The van der Waals surface area contributed by atoms with E-state index in [0.717, 1.165) is 10.5 Å². The number of amides is 1. The van der Waals surface area contributed by atoms with Gasteiger partial charge in [0.25, 0.3) is 0 Å². The molecule has 12 heavy (non-hydrogen) atoms. The Morgan fingerprint density at radius 3 is 2.67 bits per heavy atom. The molecule has 3 heteroatoms. The average Bonchev–Trinajstić information content (AvgIpc) is 2.04. The molecule has 0 saturated heterocycles. The summed E-state index contributed by atoms with van der Waals surface area (Å²) in [4.78, 5) is 12.0. The number of thioether (sulfide) groups is 1. The molecule has 2 nitrogen and oxygen atoms in total. The van der Waals surface area contributed by atoms with Gasteiger partial charge in [0, 0.05) is 10.5 Å². The van der Waals surface area contributed by atoms with E-state index in [0.29, 0.717) is 5.56 Å². The molecular weight excluding hydrogens is 170 g/mol. The van der Waals surface area contributed by atoms with Crippen LogP contribution < -0.4 is 5.73 Å². The zero-order chi connectivity index (χ0) is 9.14. The lowest BCUT2D eigenvalue weighted by atomic mass is 10.1. The Kier molecular flexibility index (Phi) is 2.76. The quantitative estimate of drug-likeness (QED) is 0.707. The van der Waals surface area contributed by atoms with E-state index in [1.807, 2.05) is 25.3 Å². The molecule has 0 aliphatic heterocycles. The summed E-state index contributed by atoms with van der Waals surface area (Å²) in [5, 5.41) is 0. The Balaban J connectivity index is 3.23. The van der Waals surface area contributed by atoms with E-state index in [2.05, 4.69) is 0 Å². The maximum absolute atomic E-state index is 10.9. The highest BCUT2D eigenvalue weighted by Crippen LogP contribution is 2.21. The van der Waals surface area contributed by atoms with Gasteiger partial charge in [-0.25, -0.2) is 0 Å². The normalized spacial score (nSPS) is 9.83. The first kappa shape index (κ1) is 9.13. The zero-order valence-electron chi connectivity index (χ0n) is 7.13. The van der Waals surface area contributed by atoms with Gasteiger partial charge in [-0.2, -0.15) is 0 Å². The molecule has 0 spiro atoms. The van der Waals surface area contributed by atoms with E-state index in [4.69, 9.17) is 5.73 Å². The summed E-state index contributed by atoms with van der Waals surface area (Å²) in [6.07, 6.45) is 1.98. The number of hydrogen-bond donors (Lipinski definition) is 1. The summed E-state index contributed by atoms with van der Waals surface area (Å²) in [5.74, 6) is -0.358. The first-order chi connectivity index (χ1) is 5.66. The van der Waals surface area contributed by atoms with Gasteiger partial charge in [-0.1, -0.05) is 6.07 Å². The maximum Gasteiger partial charge on any atom is 0.249 e. The Morgan fingerprint density at radius 1 is 1.50 bits per heavy atom. The molecule has 0 atom stereocenters. The third-order valence-corrected chi connectivity index (χ3v) is 2.65. The molecule has 0 heterocycles. The molecule has 0 unspecified atom stereocenters. The van der Waals surface area contributed by atoms with Crippen LogP contribution in [0.5, 0.6) is 0 Å². The predicted molar refractivity (Wildman–Crippen MR) is 51.5 cm³/mol. The molecule has 64 valence electrons. The van der Waals surface area contributed by atoms with Gasteiger partial charge in [0.1, 0.15) is 0 Å². The lowest BCUT2D eigenvalue weighted by molar-refractivity contribution is 0.0999. The fourth-order valence-electron chi connectivity index (χ4n) is 1.10. The molecule has 0 aliphatic carbocycles. The van der Waals surface area contributed by atoms with Crippen LogP contribution in [0.1, 0.15) is 15.9 Å². The Hall–Kier alpha value is -0.960. The molecule has 0 aromatic heterocycles. The van der Waals surface area contributed by atoms with Crippen molar-refractivity contribution in [3.63, 3.8) is 0 Å². The number of carbonyl (C=O) groups excluding carboxylic acids is 1. The van der Waals surface area contributed by atoms with Crippen molar-refractivity contribution in [3.05, 3.63) is 29.3 Å². The molecule has 0 aliphatic rings. The summed E-state index contributed by atoms with van der Waals surface area (Å²) < 4.78 is 0. The van der Waals surface area contributed by atoms with Crippen molar-refractivity contribution < 1.29 is 4.79 Å². The highest BCUT2D eigenvalue weighted by Gasteiger charge is 2.06. The predicted octanol–water partition coefficient (Wildman–Crippen LogP) is 1.82. The minimum absolute atomic E-state index is 0.358. The van der Waals surface area contributed by atoms with Crippen LogP contribution >= 0.6 is 11.8 Å². The number of rotatable bonds is 2. The number of primary amides is 1. The fraction of sp³-hybridized carbons (Fsp3) is 0.222. The van der Waals surface area contributed by atoms with Gasteiger partial charge in [0.05, 0.1) is 0 Å². The molecule has 1 aromatic carbocycles. The zero-order valence-corrected chi connectivity index (χ0v) is 7.94. The highest BCUT2D eigenvalue weighted by atomic mass is 32.2. The van der Waals surface area contributed by atoms with Crippen LogP contribution in [0, 0.1) is 6.92 Å². The van der Waals surface area contributed by atoms with E-state index in [9.17, 15) is 4.79 Å². The van der Waals surface area contributed by atoms with Gasteiger partial charge in [-0.3, -0.25) is 4.79 Å². The molecule has 1 rings (SSSR count). The van der Waals surface area contributed by atoms with Crippen molar-refractivity contribution in [2.75, 3.05) is 6.26 Å². The summed E-state index contributed by atoms with van der Waals surface area (Å²) in [7, 11) is 0. The molecule has 1 amide bonds. The van der Waals surface area contributed by atoms with E-state index in [1.54, 1.807) is 17.8 Å². The number of hydrogen-bond acceptors (Lipinski definition) is 2. The molecule has 2 N–H and O–H groups in total. The molecule has 0 radical (unpaired) electrons. The number of carbonyl (C=O) groups is 1. The van der Waals surface area contributed by atoms with Gasteiger partial charge < -0.3 is 5.73 Å². The minimum Gasteiger partial charge on any atom is -0.366 e. The van der Waals surface area contributed by atoms with Crippen molar-refractivity contribution in [3.8, 4) is 0 Å². The molecule has 0 fully saturated rings. The SMILES string of the molecule is CSc1cccc(C(N)=O)c1C. The first-order valence-electron chi connectivity index (χ1n) is 3.60. The highest BCUT2D eigenvalue weighted by molar-refractivity contribution is 7.98. The van der Waals surface area contributed by atoms with Crippen molar-refractivity contribution in [2.24, 2.45) is 5.73 Å². The third-order valence-electron chi connectivity index (χ3n) is 1.77. The smallest absolute Gasteiger partial charge is 0.249 e. The number of benzene rings is 1. The van der Waals surface area contributed by atoms with Gasteiger partial charge in [0.2, 0.25) is 5.91 Å². The minimum atomic E-state index is -0.358. The molecular formula is C9H11NOS. The first-order valence-corrected chi connectivity index (χ1v) is 4.82. The third kappa shape index (κ3) is 1.61. The van der Waals surface area contributed by atoms with Crippen molar-refractivity contribution >= 4 is 17.7 Å². The van der Waals surface area contributed by atoms with E-state index in [-0.39, 0.29) is 5.91 Å². The second kappa shape index (κ2) is 3.63. The van der Waals surface area contributed by atoms with Crippen LogP contribution in [0.3, 0.4) is 0 Å². The fourth-order valence-corrected chi connectivity index (χ4v) is 1.73. The van der Waals surface area contributed by atoms with Crippen LogP contribution in [-0.2, 0) is 0 Å². The van der Waals surface area contributed by atoms with Crippen molar-refractivity contribution in [2.45, 2.75) is 11.8 Å². The monoisotopic (exact) mass is 181 g/mol. The number of nitrogens with two attached hydrogens (primary N) is 1. The van der Waals surface area contributed by atoms with Gasteiger partial charge in [-0.15, -0.1) is 11.8 Å². The molecule has 0 saturated carbocycles. The summed E-state index contributed by atoms with van der Waals surface area (Å²) in [6.45, 7) is 1.91. The summed E-state index contributed by atoms with van der Waals surface area (Å²) in [5.41, 5.74) is 6.77. The van der Waals surface area contributed by atoms with Crippen LogP contribution in [0.2, 0.25) is 0 Å². The topological polar surface area (TPSA) is 43.1 Å². The van der Waals surface area contributed by atoms with E-state index < -0.39 is 0 Å². The van der Waals surface area contributed by atoms with Gasteiger partial charge >= 0.3 is 0 Å². The standard InChI is InChI=1S/C9H11NOS/c1-6-7(9(10)11)4-3-5-8(6)12-2/h3-5H,1-2H3,(H2,10,11). The second-order valence-electron chi connectivity index (χ2n) is 2.50. The van der Waals surface area contributed by atoms with E-state index in [1.165, 1.54) is 0 Å². The molecule has 0 bridgehead atoms. The van der Waals surface area contributed by atoms with Crippen LogP contribution in [0.15, 0.2) is 23.1 Å². The summed E-state index contributed by atoms with van der Waals surface area (Å²) in [6, 6.07) is 5.57. The second-order valence-corrected chi connectivity index (χ2v) is 3.35. The lowest BCUT2D eigenvalue weighted by Gasteiger charge is -2.05. The largest absolute Gasteiger partial charge is 0.366 e.